The number of rotatable bonds is 59. The van der Waals surface area contributed by atoms with E-state index in [9.17, 15) is 56.4 Å². The van der Waals surface area contributed by atoms with Gasteiger partial charge in [-0.25, -0.2) is 9.48 Å². The Morgan fingerprint density at radius 1 is 0.573 bits per heavy atom. The second-order valence-corrected chi connectivity index (χ2v) is 29.3. The number of hydrogen-bond acceptors (Lipinski definition) is 24. The number of para-hydroxylation sites is 1. The molecule has 6 rings (SSSR count). The smallest absolute Gasteiger partial charge is 0.312 e. The number of nitrogens with two attached hydrogens (primary N) is 1. The number of urea groups is 1. The van der Waals surface area contributed by atoms with Crippen LogP contribution < -0.4 is 53.2 Å². The number of esters is 1. The van der Waals surface area contributed by atoms with Crippen LogP contribution in [-0.4, -0.2) is 250 Å². The number of anilines is 2. The minimum absolute atomic E-state index is 0.0109. The molecule has 37 heteroatoms. The molecular formula is C80H117N13O23S. The van der Waals surface area contributed by atoms with Gasteiger partial charge in [0, 0.05) is 75.1 Å². The zero-order valence-electron chi connectivity index (χ0n) is 67.3. The third kappa shape index (κ3) is 39.9. The molecule has 4 atom stereocenters. The van der Waals surface area contributed by atoms with Crippen molar-refractivity contribution >= 4 is 80.8 Å². The summed E-state index contributed by atoms with van der Waals surface area (Å²) in [6, 6.07) is 17.5. The minimum atomic E-state index is -4.15. The highest BCUT2D eigenvalue weighted by Gasteiger charge is 2.33. The highest BCUT2D eigenvalue weighted by Crippen LogP contribution is 2.30. The van der Waals surface area contributed by atoms with Crippen LogP contribution in [0.1, 0.15) is 150 Å². The number of primary amides is 1. The predicted molar refractivity (Wildman–Crippen MR) is 428 cm³/mol. The van der Waals surface area contributed by atoms with E-state index in [1.165, 1.54) is 0 Å². The van der Waals surface area contributed by atoms with Gasteiger partial charge in [0.1, 0.15) is 43.1 Å². The average molecular weight is 1660 g/mol. The molecule has 1 unspecified atom stereocenters. The molecule has 0 fully saturated rings. The van der Waals surface area contributed by atoms with E-state index in [0.717, 1.165) is 41.6 Å². The molecule has 646 valence electrons. The Morgan fingerprint density at radius 2 is 1.15 bits per heavy atom. The highest BCUT2D eigenvalue weighted by atomic mass is 32.2. The van der Waals surface area contributed by atoms with E-state index >= 15 is 0 Å². The van der Waals surface area contributed by atoms with Crippen LogP contribution in [0, 0.1) is 17.8 Å². The van der Waals surface area contributed by atoms with Gasteiger partial charge >= 0.3 is 12.0 Å². The molecule has 36 nitrogen and oxygen atoms in total. The summed E-state index contributed by atoms with van der Waals surface area (Å²) in [4.78, 5) is 132. The molecule has 1 aromatic heterocycles. The van der Waals surface area contributed by atoms with Crippen LogP contribution in [-0.2, 0) is 127 Å². The molecule has 2 heterocycles. The van der Waals surface area contributed by atoms with E-state index in [1.54, 1.807) is 54.6 Å². The Kier molecular flexibility index (Phi) is 46.0. The summed E-state index contributed by atoms with van der Waals surface area (Å²) >= 11 is 0. The number of carbonyl (C=O) groups is 10. The normalized spacial score (nSPS) is 13.9. The zero-order chi connectivity index (χ0) is 84.3. The first kappa shape index (κ1) is 96.2. The summed E-state index contributed by atoms with van der Waals surface area (Å²) in [7, 11) is -4.15. The Morgan fingerprint density at radius 3 is 1.80 bits per heavy atom. The van der Waals surface area contributed by atoms with Crippen LogP contribution in [0.3, 0.4) is 0 Å². The van der Waals surface area contributed by atoms with Gasteiger partial charge in [-0.3, -0.25) is 47.7 Å². The third-order valence-electron chi connectivity index (χ3n) is 18.2. The summed E-state index contributed by atoms with van der Waals surface area (Å²) < 4.78 is 88.3. The van der Waals surface area contributed by atoms with Crippen LogP contribution in [0.25, 0.3) is 0 Å². The van der Waals surface area contributed by atoms with Gasteiger partial charge in [0.05, 0.1) is 136 Å². The van der Waals surface area contributed by atoms with Crippen molar-refractivity contribution in [2.75, 3.05) is 154 Å². The summed E-state index contributed by atoms with van der Waals surface area (Å²) in [5, 5.41) is 30.6. The lowest BCUT2D eigenvalue weighted by atomic mass is 9.99. The number of nitrogens with zero attached hydrogens (tertiary/aromatic N) is 4. The van der Waals surface area contributed by atoms with Gasteiger partial charge in [-0.1, -0.05) is 93.1 Å². The SMILES string of the molecule is CCC(=O)OCc1ccc(NC(=O)[C@H](CCCNC(N)=O)NC(=O)[C@@H](NC(=O)[C@@H](CCCCNC(=O)COC2CCCCCc3c2nnn3CCOCCOCCOCCOCCC(=O)NCCS(=O)(=O)O)NC(=O)CCOCCOCCOCCOCCNC(=O)CCC(=O)N2Cc3ccccc3C#Cc3ccccc32)C(C)C)cc1. The second kappa shape index (κ2) is 55.9. The van der Waals surface area contributed by atoms with Crippen LogP contribution in [0.5, 0.6) is 0 Å². The van der Waals surface area contributed by atoms with E-state index in [-0.39, 0.29) is 187 Å². The van der Waals surface area contributed by atoms with Gasteiger partial charge in [0.2, 0.25) is 47.3 Å². The Bertz CT molecular complexity index is 3920. The first-order valence-corrected chi connectivity index (χ1v) is 41.6. The largest absolute Gasteiger partial charge is 0.461 e. The van der Waals surface area contributed by atoms with Crippen LogP contribution in [0.15, 0.2) is 72.8 Å². The van der Waals surface area contributed by atoms with Crippen molar-refractivity contribution in [2.45, 2.75) is 161 Å². The van der Waals surface area contributed by atoms with Gasteiger partial charge in [-0.15, -0.1) is 5.10 Å². The quantitative estimate of drug-likeness (QED) is 0.0131. The summed E-state index contributed by atoms with van der Waals surface area (Å²) in [5.74, 6) is 1.22. The second-order valence-electron chi connectivity index (χ2n) is 27.7. The highest BCUT2D eigenvalue weighted by molar-refractivity contribution is 7.85. The molecule has 0 saturated carbocycles. The maximum absolute atomic E-state index is 14.4. The number of nitrogens with one attached hydrogen (secondary N) is 8. The van der Waals surface area contributed by atoms with Gasteiger partial charge < -0.3 is 101 Å². The fourth-order valence-corrected chi connectivity index (χ4v) is 12.3. The van der Waals surface area contributed by atoms with Crippen molar-refractivity contribution < 1.29 is 108 Å². The maximum Gasteiger partial charge on any atom is 0.312 e. The molecule has 3 aromatic carbocycles. The fraction of sp³-hybridized carbons (Fsp3) is 0.600. The number of benzene rings is 3. The Hall–Kier alpha value is -9.59. The van der Waals surface area contributed by atoms with E-state index in [0.29, 0.717) is 94.4 Å². The lowest BCUT2D eigenvalue weighted by Gasteiger charge is -2.27. The molecule has 2 aliphatic rings. The number of aromatic nitrogens is 3. The van der Waals surface area contributed by atoms with Crippen LogP contribution in [0.2, 0.25) is 0 Å². The molecular weight excluding hydrogens is 1540 g/mol. The summed E-state index contributed by atoms with van der Waals surface area (Å²) in [6.45, 7) is 9.95. The molecule has 4 aromatic rings. The van der Waals surface area contributed by atoms with Crippen molar-refractivity contribution in [1.82, 2.24) is 52.2 Å². The van der Waals surface area contributed by atoms with Gasteiger partial charge in [-0.2, -0.15) is 8.42 Å². The molecule has 11 N–H and O–H groups in total. The fourth-order valence-electron chi connectivity index (χ4n) is 11.9. The van der Waals surface area contributed by atoms with Crippen molar-refractivity contribution in [3.05, 3.63) is 106 Å². The number of carbonyl (C=O) groups excluding carboxylic acids is 10. The van der Waals surface area contributed by atoms with Gasteiger partial charge in [0.25, 0.3) is 10.1 Å². The zero-order valence-corrected chi connectivity index (χ0v) is 68.1. The Balaban J connectivity index is 0.905. The van der Waals surface area contributed by atoms with E-state index in [1.807, 2.05) is 48.5 Å². The summed E-state index contributed by atoms with van der Waals surface area (Å²) in [6.07, 6.45) is 4.84. The number of ether oxygens (including phenoxy) is 10. The van der Waals surface area contributed by atoms with Gasteiger partial charge in [-0.05, 0) is 98.7 Å². The molecule has 1 aliphatic heterocycles. The number of amides is 10. The molecule has 0 saturated heterocycles. The molecule has 117 heavy (non-hydrogen) atoms. The Labute approximate surface area is 683 Å². The van der Waals surface area contributed by atoms with Crippen molar-refractivity contribution in [3.63, 3.8) is 0 Å². The van der Waals surface area contributed by atoms with Crippen molar-refractivity contribution in [2.24, 2.45) is 11.7 Å². The number of hydrogen-bond donors (Lipinski definition) is 10. The first-order valence-electron chi connectivity index (χ1n) is 40.0. The average Bonchev–Trinajstić information content (AvgIpc) is 1.73. The predicted octanol–water partition coefficient (Wildman–Crippen LogP) is 3.15. The monoisotopic (exact) mass is 1660 g/mol. The lowest BCUT2D eigenvalue weighted by molar-refractivity contribution is -0.144. The number of fused-ring (bicyclic) bond motifs is 3. The van der Waals surface area contributed by atoms with E-state index in [4.69, 9.17) is 57.7 Å². The lowest BCUT2D eigenvalue weighted by Crippen LogP contribution is -2.57. The van der Waals surface area contributed by atoms with E-state index in [2.05, 4.69) is 64.7 Å². The number of unbranched alkanes of at least 4 members (excludes halogenated alkanes) is 1. The van der Waals surface area contributed by atoms with Crippen molar-refractivity contribution in [3.8, 4) is 11.8 Å². The third-order valence-corrected chi connectivity index (χ3v) is 19.0. The molecule has 1 aliphatic carbocycles. The van der Waals surface area contributed by atoms with Crippen LogP contribution >= 0.6 is 0 Å². The minimum Gasteiger partial charge on any atom is -0.461 e. The summed E-state index contributed by atoms with van der Waals surface area (Å²) in [5.41, 5.74) is 11.1. The van der Waals surface area contributed by atoms with Crippen molar-refractivity contribution in [1.29, 1.82) is 0 Å². The van der Waals surface area contributed by atoms with Gasteiger partial charge in [0.15, 0.2) is 0 Å². The molecule has 0 spiro atoms. The first-order chi connectivity index (χ1) is 56.6. The maximum atomic E-state index is 14.4. The molecule has 10 amide bonds. The van der Waals surface area contributed by atoms with Crippen LogP contribution in [0.4, 0.5) is 16.2 Å². The van der Waals surface area contributed by atoms with E-state index < -0.39 is 81.6 Å². The standard InChI is InChI=1S/C80H117N13O23S/c1-4-74(99)116-56-59-23-27-63(28-24-59)86-77(100)65(19-14-34-85-80(81)103)88-79(102)75(58(2)3)89-78(101)64(87-71(96)32-39-108-43-47-112-50-52-113-48-44-109-40-35-83-69(94)29-30-73(98)92-55-62-17-9-8-15-60(62)25-26-61-16-10-11-20-66(61)92)18-12-13-33-82-72(97)57-115-68-22-7-5-6-21-67-76(68)90-91-93(67)37-41-110-45-49-114-53-51-111-46-42-107-38-31-70(95)84-36-54-117(104,105)106/h8-11,15-17,20,23-24,27-28,58,64-65,68,75H,4-7,12-14,18-19,21-22,29-57H2,1-3H3,(H,82,97)(H,83,94)(H,84,95)(H,86,100)(H,87,96)(H,88,102)(H,89,101)(H3,81,85,103)(H,104,105,106)/t64-,65+,68?,75+/m1/s1. The topological polar surface area (TPSA) is 474 Å². The molecule has 0 radical (unpaired) electrons. The molecule has 0 bridgehead atoms.